The first-order chi connectivity index (χ1) is 4.76. The molecule has 1 nitrogen and oxygen atoms in total. The van der Waals surface area contributed by atoms with Crippen LogP contribution in [0.5, 0.6) is 0 Å². The summed E-state index contributed by atoms with van der Waals surface area (Å²) in [6, 6.07) is -0.463. The third-order valence-electron chi connectivity index (χ3n) is 2.05. The van der Waals surface area contributed by atoms with Crippen LogP contribution in [0.1, 0.15) is 13.8 Å². The van der Waals surface area contributed by atoms with E-state index in [1.807, 2.05) is 0 Å². The van der Waals surface area contributed by atoms with Crippen LogP contribution >= 0.6 is 0 Å². The minimum Gasteiger partial charge on any atom is -0.306 e. The molecule has 0 radical (unpaired) electrons. The molecule has 11 heavy (non-hydrogen) atoms. The van der Waals surface area contributed by atoms with Crippen LogP contribution in [0.15, 0.2) is 0 Å². The minimum atomic E-state index is -4.08. The average Bonchev–Trinajstić information content (AvgIpc) is 1.82. The molecular weight excluding hydrogens is 155 g/mol. The lowest BCUT2D eigenvalue weighted by Crippen LogP contribution is -2.38. The maximum atomic E-state index is 12.0. The highest BCUT2D eigenvalue weighted by Gasteiger charge is 2.39. The molecular formula is C7H14F3N. The fourth-order valence-corrected chi connectivity index (χ4v) is 0.721. The lowest BCUT2D eigenvalue weighted by atomic mass is 10.0. The van der Waals surface area contributed by atoms with E-state index in [1.165, 1.54) is 6.92 Å². The molecule has 0 fully saturated rings. The fraction of sp³-hybridized carbons (Fsp3) is 1.00. The predicted octanol–water partition coefficient (Wildman–Crippen LogP) is 2.13. The van der Waals surface area contributed by atoms with E-state index in [0.29, 0.717) is 0 Å². The van der Waals surface area contributed by atoms with Crippen LogP contribution in [0.2, 0.25) is 0 Å². The maximum Gasteiger partial charge on any atom is 0.393 e. The van der Waals surface area contributed by atoms with Crippen molar-refractivity contribution in [3.63, 3.8) is 0 Å². The van der Waals surface area contributed by atoms with Gasteiger partial charge in [-0.15, -0.1) is 0 Å². The van der Waals surface area contributed by atoms with Gasteiger partial charge in [-0.1, -0.05) is 6.92 Å². The monoisotopic (exact) mass is 169 g/mol. The molecule has 0 aliphatic heterocycles. The quantitative estimate of drug-likeness (QED) is 0.612. The van der Waals surface area contributed by atoms with Crippen molar-refractivity contribution in [2.75, 3.05) is 14.1 Å². The molecule has 0 bridgehead atoms. The molecule has 0 saturated heterocycles. The zero-order valence-electron chi connectivity index (χ0n) is 7.24. The number of nitrogens with zero attached hydrogens (tertiary/aromatic N) is 1. The van der Waals surface area contributed by atoms with Gasteiger partial charge in [-0.25, -0.2) is 0 Å². The van der Waals surface area contributed by atoms with Gasteiger partial charge in [0, 0.05) is 6.04 Å². The summed E-state index contributed by atoms with van der Waals surface area (Å²) in [5.41, 5.74) is 0. The Morgan fingerprint density at radius 1 is 1.09 bits per heavy atom. The van der Waals surface area contributed by atoms with Crippen molar-refractivity contribution in [2.24, 2.45) is 5.92 Å². The number of hydrogen-bond donors (Lipinski definition) is 0. The topological polar surface area (TPSA) is 3.24 Å². The van der Waals surface area contributed by atoms with E-state index >= 15 is 0 Å². The van der Waals surface area contributed by atoms with E-state index in [0.717, 1.165) is 0 Å². The Hall–Kier alpha value is -0.250. The summed E-state index contributed by atoms with van der Waals surface area (Å²) in [5.74, 6) is -1.27. The van der Waals surface area contributed by atoms with Crippen LogP contribution < -0.4 is 0 Å². The van der Waals surface area contributed by atoms with Gasteiger partial charge in [0.25, 0.3) is 0 Å². The van der Waals surface area contributed by atoms with E-state index in [-0.39, 0.29) is 0 Å². The van der Waals surface area contributed by atoms with Crippen LogP contribution in [0.4, 0.5) is 13.2 Å². The second-order valence-corrected chi connectivity index (χ2v) is 3.03. The maximum absolute atomic E-state index is 12.0. The smallest absolute Gasteiger partial charge is 0.306 e. The van der Waals surface area contributed by atoms with Crippen LogP contribution in [0.25, 0.3) is 0 Å². The molecule has 4 heteroatoms. The van der Waals surface area contributed by atoms with E-state index in [9.17, 15) is 13.2 Å². The Labute approximate surface area is 65.2 Å². The number of alkyl halides is 3. The molecule has 0 amide bonds. The Balaban J connectivity index is 4.13. The normalized spacial score (nSPS) is 18.5. The lowest BCUT2D eigenvalue weighted by Gasteiger charge is -2.27. The zero-order chi connectivity index (χ0) is 9.23. The van der Waals surface area contributed by atoms with Crippen LogP contribution in [0, 0.1) is 5.92 Å². The molecule has 0 rings (SSSR count). The van der Waals surface area contributed by atoms with Gasteiger partial charge in [0.05, 0.1) is 5.92 Å². The van der Waals surface area contributed by atoms with Gasteiger partial charge in [-0.3, -0.25) is 0 Å². The van der Waals surface area contributed by atoms with Gasteiger partial charge in [0.15, 0.2) is 0 Å². The second kappa shape index (κ2) is 3.43. The zero-order valence-corrected chi connectivity index (χ0v) is 7.24. The molecule has 0 spiro atoms. The Kier molecular flexibility index (Phi) is 3.35. The Morgan fingerprint density at radius 2 is 1.45 bits per heavy atom. The summed E-state index contributed by atoms with van der Waals surface area (Å²) in [5, 5.41) is 0. The van der Waals surface area contributed by atoms with Crippen molar-refractivity contribution >= 4 is 0 Å². The van der Waals surface area contributed by atoms with E-state index in [2.05, 4.69) is 0 Å². The Morgan fingerprint density at radius 3 is 1.55 bits per heavy atom. The van der Waals surface area contributed by atoms with Gasteiger partial charge < -0.3 is 4.90 Å². The predicted molar refractivity (Wildman–Crippen MR) is 38.4 cm³/mol. The molecule has 2 atom stereocenters. The first-order valence-electron chi connectivity index (χ1n) is 3.50. The summed E-state index contributed by atoms with van der Waals surface area (Å²) in [7, 11) is 3.29. The van der Waals surface area contributed by atoms with Crippen molar-refractivity contribution in [1.29, 1.82) is 0 Å². The molecule has 0 aromatic carbocycles. The van der Waals surface area contributed by atoms with Gasteiger partial charge in [0.1, 0.15) is 0 Å². The van der Waals surface area contributed by atoms with Gasteiger partial charge in [-0.2, -0.15) is 13.2 Å². The van der Waals surface area contributed by atoms with Crippen molar-refractivity contribution in [3.8, 4) is 0 Å². The van der Waals surface area contributed by atoms with E-state index < -0.39 is 18.1 Å². The van der Waals surface area contributed by atoms with Crippen LogP contribution in [-0.4, -0.2) is 31.2 Å². The van der Waals surface area contributed by atoms with Gasteiger partial charge in [-0.05, 0) is 21.0 Å². The number of halogens is 3. The SMILES string of the molecule is CC([C@H](C)N(C)C)C(F)(F)F. The summed E-state index contributed by atoms with van der Waals surface area (Å²) < 4.78 is 36.1. The van der Waals surface area contributed by atoms with Crippen molar-refractivity contribution in [1.82, 2.24) is 4.90 Å². The highest BCUT2D eigenvalue weighted by molar-refractivity contribution is 4.73. The molecule has 0 N–H and O–H groups in total. The van der Waals surface area contributed by atoms with Crippen molar-refractivity contribution in [2.45, 2.75) is 26.1 Å². The third-order valence-corrected chi connectivity index (χ3v) is 2.05. The third kappa shape index (κ3) is 3.10. The van der Waals surface area contributed by atoms with Gasteiger partial charge in [0.2, 0.25) is 0 Å². The molecule has 0 aliphatic rings. The minimum absolute atomic E-state index is 0.463. The summed E-state index contributed by atoms with van der Waals surface area (Å²) >= 11 is 0. The molecule has 68 valence electrons. The highest BCUT2D eigenvalue weighted by atomic mass is 19.4. The molecule has 0 saturated carbocycles. The van der Waals surface area contributed by atoms with Gasteiger partial charge >= 0.3 is 6.18 Å². The summed E-state index contributed by atoms with van der Waals surface area (Å²) in [4.78, 5) is 1.57. The van der Waals surface area contributed by atoms with E-state index in [1.54, 1.807) is 25.9 Å². The summed E-state index contributed by atoms with van der Waals surface area (Å²) in [6.45, 7) is 2.77. The largest absolute Gasteiger partial charge is 0.393 e. The number of hydrogen-bond acceptors (Lipinski definition) is 1. The van der Waals surface area contributed by atoms with Crippen LogP contribution in [0.3, 0.4) is 0 Å². The first-order valence-corrected chi connectivity index (χ1v) is 3.50. The lowest BCUT2D eigenvalue weighted by molar-refractivity contribution is -0.182. The molecule has 0 aromatic heterocycles. The summed E-state index contributed by atoms with van der Waals surface area (Å²) in [6.07, 6.45) is -4.08. The second-order valence-electron chi connectivity index (χ2n) is 3.03. The van der Waals surface area contributed by atoms with Crippen LogP contribution in [-0.2, 0) is 0 Å². The molecule has 0 aliphatic carbocycles. The van der Waals surface area contributed by atoms with Crippen molar-refractivity contribution in [3.05, 3.63) is 0 Å². The Bertz CT molecular complexity index is 119. The fourth-order valence-electron chi connectivity index (χ4n) is 0.721. The molecule has 1 unspecified atom stereocenters. The number of rotatable bonds is 2. The molecule has 0 heterocycles. The van der Waals surface area contributed by atoms with E-state index in [4.69, 9.17) is 0 Å². The molecule has 0 aromatic rings. The first kappa shape index (κ1) is 10.8. The van der Waals surface area contributed by atoms with Crippen molar-refractivity contribution < 1.29 is 13.2 Å². The average molecular weight is 169 g/mol. The standard InChI is InChI=1S/C7H14F3N/c1-5(7(8,9)10)6(2)11(3)4/h5-6H,1-4H3/t5?,6-/m0/s1. The highest BCUT2D eigenvalue weighted by Crippen LogP contribution is 2.29.